The molecule has 14 nitrogen and oxygen atoms in total. The second kappa shape index (κ2) is 44.5. The standard InChI is InChI=1S/C57H104O14/c1-3-5-7-9-11-13-15-17-19-21-23-24-26-28-30-32-34-36-38-40-49(59)69-46(43-66-41-39-37-35-33-31-29-27-25-22-20-18-16-14-12-10-8-6-4-2)44-67-56-55(65)53(63)51(61)48(71-56)45-68-57-54(64)52(62)50(60)47(42-58)70-57/h6,8,12,14,18,20,46-48,50-58,60-65H,3-5,7,9-11,13,15-17,19,21-45H2,1-2H3/b8-6-,14-12-,20-18-. The number of aliphatic hydroxyl groups excluding tert-OH is 7. The molecule has 0 aromatic carbocycles. The van der Waals surface area contributed by atoms with Crippen LogP contribution in [0.5, 0.6) is 0 Å². The quantitative estimate of drug-likeness (QED) is 0.0172. The van der Waals surface area contributed by atoms with E-state index in [0.717, 1.165) is 64.2 Å². The average Bonchev–Trinajstić information content (AvgIpc) is 3.37. The molecule has 14 heteroatoms. The zero-order valence-electron chi connectivity index (χ0n) is 44.5. The molecule has 7 N–H and O–H groups in total. The first kappa shape index (κ1) is 65.3. The minimum absolute atomic E-state index is 0.0591. The molecule has 11 atom stereocenters. The van der Waals surface area contributed by atoms with Crippen molar-refractivity contribution in [2.45, 2.75) is 287 Å². The highest BCUT2D eigenvalue weighted by Gasteiger charge is 2.47. The summed E-state index contributed by atoms with van der Waals surface area (Å²) in [5, 5.41) is 72.3. The third kappa shape index (κ3) is 31.6. The van der Waals surface area contributed by atoms with Gasteiger partial charge >= 0.3 is 5.97 Å². The smallest absolute Gasteiger partial charge is 0.306 e. The van der Waals surface area contributed by atoms with E-state index in [1.807, 2.05) is 0 Å². The molecule has 2 aliphatic heterocycles. The summed E-state index contributed by atoms with van der Waals surface area (Å²) in [6.07, 6.45) is 34.9. The predicted molar refractivity (Wildman–Crippen MR) is 280 cm³/mol. The second-order valence-corrected chi connectivity index (χ2v) is 20.1. The van der Waals surface area contributed by atoms with Crippen molar-refractivity contribution in [2.75, 3.05) is 33.0 Å². The molecule has 2 rings (SSSR count). The summed E-state index contributed by atoms with van der Waals surface area (Å²) in [5.74, 6) is -0.375. The Kier molecular flexibility index (Phi) is 40.9. The van der Waals surface area contributed by atoms with Gasteiger partial charge in [-0.2, -0.15) is 0 Å². The molecule has 2 aliphatic rings. The SMILES string of the molecule is CC/C=C\C/C=C\C/C=C\CCCCCCCCCCOCC(COC1OC(COC2OC(CO)C(O)C(O)C2O)C(O)C(O)C1O)OC(=O)CCCCCCCCCCCCCCCCCCCCC. The highest BCUT2D eigenvalue weighted by molar-refractivity contribution is 5.69. The van der Waals surface area contributed by atoms with Crippen molar-refractivity contribution in [3.05, 3.63) is 36.5 Å². The first-order chi connectivity index (χ1) is 34.6. The number of rotatable bonds is 46. The number of carbonyl (C=O) groups excluding carboxylic acids is 1. The number of ether oxygens (including phenoxy) is 6. The van der Waals surface area contributed by atoms with Crippen LogP contribution in [-0.4, -0.2) is 142 Å². The van der Waals surface area contributed by atoms with Gasteiger partial charge in [0.15, 0.2) is 12.6 Å². The molecular formula is C57H104O14. The van der Waals surface area contributed by atoms with Gasteiger partial charge in [0.1, 0.15) is 54.9 Å². The van der Waals surface area contributed by atoms with E-state index in [9.17, 15) is 40.5 Å². The van der Waals surface area contributed by atoms with Gasteiger partial charge in [-0.15, -0.1) is 0 Å². The number of esters is 1. The summed E-state index contributed by atoms with van der Waals surface area (Å²) < 4.78 is 34.4. The number of hydrogen-bond donors (Lipinski definition) is 7. The Labute approximate surface area is 429 Å². The number of unbranched alkanes of at least 4 members (excludes halogenated alkanes) is 26. The summed E-state index contributed by atoms with van der Waals surface area (Å²) in [7, 11) is 0. The fourth-order valence-corrected chi connectivity index (χ4v) is 9.07. The maximum atomic E-state index is 13.1. The molecule has 0 aromatic heterocycles. The van der Waals surface area contributed by atoms with Crippen LogP contribution in [0.15, 0.2) is 36.5 Å². The molecule has 11 unspecified atom stereocenters. The van der Waals surface area contributed by atoms with E-state index in [-0.39, 0.29) is 25.6 Å². The molecule has 0 aromatic rings. The van der Waals surface area contributed by atoms with Crippen molar-refractivity contribution in [1.82, 2.24) is 0 Å². The number of allylic oxidation sites excluding steroid dienone is 6. The Morgan fingerprint density at radius 2 is 0.915 bits per heavy atom. The monoisotopic (exact) mass is 1010 g/mol. The zero-order valence-corrected chi connectivity index (χ0v) is 44.5. The van der Waals surface area contributed by atoms with Gasteiger partial charge in [-0.1, -0.05) is 204 Å². The summed E-state index contributed by atoms with van der Waals surface area (Å²) in [4.78, 5) is 13.1. The molecule has 416 valence electrons. The Morgan fingerprint density at radius 1 is 0.479 bits per heavy atom. The largest absolute Gasteiger partial charge is 0.457 e. The van der Waals surface area contributed by atoms with Crippen LogP contribution in [0.4, 0.5) is 0 Å². The van der Waals surface area contributed by atoms with Crippen LogP contribution in [0, 0.1) is 0 Å². The first-order valence-electron chi connectivity index (χ1n) is 28.6. The van der Waals surface area contributed by atoms with Crippen molar-refractivity contribution in [3.63, 3.8) is 0 Å². The van der Waals surface area contributed by atoms with Crippen LogP contribution in [0.3, 0.4) is 0 Å². The van der Waals surface area contributed by atoms with Crippen LogP contribution in [-0.2, 0) is 33.2 Å². The van der Waals surface area contributed by atoms with Gasteiger partial charge in [-0.3, -0.25) is 4.79 Å². The lowest BCUT2D eigenvalue weighted by Gasteiger charge is -2.42. The van der Waals surface area contributed by atoms with Gasteiger partial charge in [0.25, 0.3) is 0 Å². The van der Waals surface area contributed by atoms with Crippen molar-refractivity contribution >= 4 is 5.97 Å². The van der Waals surface area contributed by atoms with Gasteiger partial charge in [0.2, 0.25) is 0 Å². The molecule has 71 heavy (non-hydrogen) atoms. The van der Waals surface area contributed by atoms with Gasteiger partial charge in [0.05, 0.1) is 26.4 Å². The van der Waals surface area contributed by atoms with E-state index in [0.29, 0.717) is 13.0 Å². The molecule has 0 aliphatic carbocycles. The van der Waals surface area contributed by atoms with Crippen molar-refractivity contribution in [3.8, 4) is 0 Å². The lowest BCUT2D eigenvalue weighted by atomic mass is 9.98. The van der Waals surface area contributed by atoms with Crippen molar-refractivity contribution in [1.29, 1.82) is 0 Å². The number of carbonyl (C=O) groups is 1. The zero-order chi connectivity index (χ0) is 51.6. The van der Waals surface area contributed by atoms with Gasteiger partial charge in [0, 0.05) is 13.0 Å². The normalized spacial score (nSPS) is 25.5. The van der Waals surface area contributed by atoms with E-state index in [4.69, 9.17) is 28.4 Å². The number of aliphatic hydroxyl groups is 7. The molecular weight excluding hydrogens is 909 g/mol. The minimum Gasteiger partial charge on any atom is -0.457 e. The van der Waals surface area contributed by atoms with E-state index in [1.165, 1.54) is 128 Å². The highest BCUT2D eigenvalue weighted by atomic mass is 16.7. The summed E-state index contributed by atoms with van der Waals surface area (Å²) >= 11 is 0. The Morgan fingerprint density at radius 3 is 1.44 bits per heavy atom. The fourth-order valence-electron chi connectivity index (χ4n) is 9.07. The molecule has 0 bridgehead atoms. The summed E-state index contributed by atoms with van der Waals surface area (Å²) in [6, 6.07) is 0. The Balaban J connectivity index is 1.72. The number of hydrogen-bond acceptors (Lipinski definition) is 14. The third-order valence-electron chi connectivity index (χ3n) is 13.7. The Hall–Kier alpha value is -1.79. The van der Waals surface area contributed by atoms with Crippen LogP contribution < -0.4 is 0 Å². The van der Waals surface area contributed by atoms with Crippen molar-refractivity contribution < 1.29 is 69.0 Å². The van der Waals surface area contributed by atoms with Crippen LogP contribution >= 0.6 is 0 Å². The Bertz CT molecular complexity index is 1310. The van der Waals surface area contributed by atoms with Gasteiger partial charge in [-0.25, -0.2) is 0 Å². The first-order valence-corrected chi connectivity index (χ1v) is 28.6. The van der Waals surface area contributed by atoms with E-state index < -0.39 is 80.7 Å². The molecule has 2 heterocycles. The highest BCUT2D eigenvalue weighted by Crippen LogP contribution is 2.27. The van der Waals surface area contributed by atoms with Gasteiger partial charge < -0.3 is 64.2 Å². The topological polar surface area (TPSA) is 214 Å². The maximum Gasteiger partial charge on any atom is 0.306 e. The second-order valence-electron chi connectivity index (χ2n) is 20.1. The van der Waals surface area contributed by atoms with Crippen LogP contribution in [0.1, 0.15) is 219 Å². The van der Waals surface area contributed by atoms with Crippen LogP contribution in [0.2, 0.25) is 0 Å². The van der Waals surface area contributed by atoms with E-state index >= 15 is 0 Å². The van der Waals surface area contributed by atoms with Crippen LogP contribution in [0.25, 0.3) is 0 Å². The lowest BCUT2D eigenvalue weighted by Crippen LogP contribution is -2.61. The molecule has 0 spiro atoms. The molecule has 0 radical (unpaired) electrons. The van der Waals surface area contributed by atoms with E-state index in [2.05, 4.69) is 50.3 Å². The summed E-state index contributed by atoms with van der Waals surface area (Å²) in [5.41, 5.74) is 0. The predicted octanol–water partition coefficient (Wildman–Crippen LogP) is 9.75. The minimum atomic E-state index is -1.71. The van der Waals surface area contributed by atoms with E-state index in [1.54, 1.807) is 0 Å². The van der Waals surface area contributed by atoms with Gasteiger partial charge in [-0.05, 0) is 44.9 Å². The van der Waals surface area contributed by atoms with Crippen molar-refractivity contribution in [2.24, 2.45) is 0 Å². The third-order valence-corrected chi connectivity index (χ3v) is 13.7. The fraction of sp³-hybridized carbons (Fsp3) is 0.877. The average molecular weight is 1010 g/mol. The maximum absolute atomic E-state index is 13.1. The molecule has 0 amide bonds. The lowest BCUT2D eigenvalue weighted by molar-refractivity contribution is -0.332. The molecule has 2 fully saturated rings. The summed E-state index contributed by atoms with van der Waals surface area (Å²) in [6.45, 7) is 3.60. The molecule has 0 saturated carbocycles. The molecule has 2 saturated heterocycles.